The molecule has 2 atom stereocenters. The third-order valence-corrected chi connectivity index (χ3v) is 4.33. The molecule has 0 spiro atoms. The second-order valence-electron chi connectivity index (χ2n) is 6.77. The number of primary amides is 1. The molecule has 4 N–H and O–H groups in total. The highest BCUT2D eigenvalue weighted by Gasteiger charge is 2.23. The Balaban J connectivity index is 2.15. The van der Waals surface area contributed by atoms with Crippen LogP contribution in [0.3, 0.4) is 0 Å². The SMILES string of the molecule is CC(CN(C)C(=O)CC(NC(N)=O)c1cccc(Oc2ccccc2)c1)C(=O)O. The van der Waals surface area contributed by atoms with Crippen LogP contribution in [0.5, 0.6) is 11.5 Å². The van der Waals surface area contributed by atoms with E-state index in [9.17, 15) is 14.4 Å². The number of nitrogens with zero attached hydrogens (tertiary/aromatic N) is 1. The molecule has 0 heterocycles. The number of rotatable bonds is 9. The van der Waals surface area contributed by atoms with E-state index in [0.717, 1.165) is 0 Å². The van der Waals surface area contributed by atoms with Gasteiger partial charge in [-0.15, -0.1) is 0 Å². The van der Waals surface area contributed by atoms with Crippen molar-refractivity contribution in [2.24, 2.45) is 11.7 Å². The Labute approximate surface area is 169 Å². The minimum atomic E-state index is -0.984. The van der Waals surface area contributed by atoms with E-state index in [1.807, 2.05) is 30.3 Å². The average Bonchev–Trinajstić information content (AvgIpc) is 2.68. The number of urea groups is 1. The van der Waals surface area contributed by atoms with Gasteiger partial charge in [0.15, 0.2) is 0 Å². The van der Waals surface area contributed by atoms with Gasteiger partial charge in [0.2, 0.25) is 5.91 Å². The summed E-state index contributed by atoms with van der Waals surface area (Å²) >= 11 is 0. The first kappa shape index (κ1) is 21.7. The van der Waals surface area contributed by atoms with E-state index in [2.05, 4.69) is 5.32 Å². The molecule has 0 saturated carbocycles. The first-order valence-corrected chi connectivity index (χ1v) is 9.12. The molecule has 0 aromatic heterocycles. The number of carboxylic acids is 1. The van der Waals surface area contributed by atoms with Crippen molar-refractivity contribution < 1.29 is 24.2 Å². The van der Waals surface area contributed by atoms with E-state index < -0.39 is 24.0 Å². The van der Waals surface area contributed by atoms with Crippen LogP contribution in [0.1, 0.15) is 24.9 Å². The molecule has 8 nitrogen and oxygen atoms in total. The summed E-state index contributed by atoms with van der Waals surface area (Å²) < 4.78 is 5.80. The molecular weight excluding hydrogens is 374 g/mol. The predicted molar refractivity (Wildman–Crippen MR) is 107 cm³/mol. The zero-order valence-corrected chi connectivity index (χ0v) is 16.4. The molecule has 3 amide bonds. The molecule has 0 saturated heterocycles. The highest BCUT2D eigenvalue weighted by Crippen LogP contribution is 2.26. The number of benzene rings is 2. The fourth-order valence-electron chi connectivity index (χ4n) is 2.76. The average molecular weight is 399 g/mol. The molecule has 0 aliphatic rings. The van der Waals surface area contributed by atoms with Crippen molar-refractivity contribution in [3.8, 4) is 11.5 Å². The molecule has 0 radical (unpaired) electrons. The fraction of sp³-hybridized carbons (Fsp3) is 0.286. The first-order chi connectivity index (χ1) is 13.8. The van der Waals surface area contributed by atoms with Crippen LogP contribution < -0.4 is 15.8 Å². The second-order valence-corrected chi connectivity index (χ2v) is 6.77. The molecule has 154 valence electrons. The highest BCUT2D eigenvalue weighted by molar-refractivity contribution is 5.79. The minimum Gasteiger partial charge on any atom is -0.481 e. The maximum atomic E-state index is 12.6. The maximum Gasteiger partial charge on any atom is 0.312 e. The molecule has 0 fully saturated rings. The van der Waals surface area contributed by atoms with E-state index in [4.69, 9.17) is 15.6 Å². The quantitative estimate of drug-likeness (QED) is 0.598. The van der Waals surface area contributed by atoms with Crippen LogP contribution in [-0.2, 0) is 9.59 Å². The van der Waals surface area contributed by atoms with Gasteiger partial charge in [0, 0.05) is 13.6 Å². The number of carboxylic acid groups (broad SMARTS) is 1. The Hall–Kier alpha value is -3.55. The van der Waals surface area contributed by atoms with Gasteiger partial charge in [-0.3, -0.25) is 9.59 Å². The summed E-state index contributed by atoms with van der Waals surface area (Å²) in [5.74, 6) is -0.796. The van der Waals surface area contributed by atoms with Gasteiger partial charge >= 0.3 is 12.0 Å². The van der Waals surface area contributed by atoms with Crippen molar-refractivity contribution >= 4 is 17.9 Å². The summed E-state index contributed by atoms with van der Waals surface area (Å²) in [5, 5.41) is 11.6. The van der Waals surface area contributed by atoms with Crippen LogP contribution in [0.4, 0.5) is 4.79 Å². The van der Waals surface area contributed by atoms with Gasteiger partial charge in [-0.1, -0.05) is 37.3 Å². The van der Waals surface area contributed by atoms with Gasteiger partial charge in [0.1, 0.15) is 11.5 Å². The van der Waals surface area contributed by atoms with Gasteiger partial charge in [-0.05, 0) is 29.8 Å². The number of aliphatic carboxylic acids is 1. The standard InChI is InChI=1S/C21H25N3O5/c1-14(20(26)27)13-24(2)19(25)12-18(23-21(22)28)15-7-6-10-17(11-15)29-16-8-4-3-5-9-16/h3-11,14,18H,12-13H2,1-2H3,(H,26,27)(H3,22,23,28). The van der Waals surface area contributed by atoms with E-state index in [0.29, 0.717) is 17.1 Å². The Morgan fingerprint density at radius 2 is 1.76 bits per heavy atom. The topological polar surface area (TPSA) is 122 Å². The number of nitrogens with one attached hydrogen (secondary N) is 1. The number of nitrogens with two attached hydrogens (primary N) is 1. The summed E-state index contributed by atoms with van der Waals surface area (Å²) in [6.45, 7) is 1.59. The Morgan fingerprint density at radius 3 is 2.38 bits per heavy atom. The molecule has 0 aliphatic heterocycles. The van der Waals surface area contributed by atoms with Crippen LogP contribution in [0, 0.1) is 5.92 Å². The van der Waals surface area contributed by atoms with Crippen LogP contribution in [0.15, 0.2) is 54.6 Å². The molecule has 0 aliphatic carbocycles. The van der Waals surface area contributed by atoms with Crippen molar-refractivity contribution in [3.05, 3.63) is 60.2 Å². The molecule has 2 aromatic rings. The van der Waals surface area contributed by atoms with Crippen molar-refractivity contribution in [1.29, 1.82) is 0 Å². The molecule has 2 unspecified atom stereocenters. The number of amides is 3. The smallest absolute Gasteiger partial charge is 0.312 e. The van der Waals surface area contributed by atoms with Crippen LogP contribution >= 0.6 is 0 Å². The lowest BCUT2D eigenvalue weighted by molar-refractivity contribution is -0.142. The number of carbonyl (C=O) groups is 3. The summed E-state index contributed by atoms with van der Waals surface area (Å²) in [7, 11) is 1.53. The molecule has 8 heteroatoms. The number of para-hydroxylation sites is 1. The van der Waals surface area contributed by atoms with Crippen LogP contribution in [0.25, 0.3) is 0 Å². The molecule has 29 heavy (non-hydrogen) atoms. The van der Waals surface area contributed by atoms with E-state index in [-0.39, 0.29) is 18.9 Å². The van der Waals surface area contributed by atoms with Crippen LogP contribution in [-0.4, -0.2) is 41.5 Å². The third-order valence-electron chi connectivity index (χ3n) is 4.33. The summed E-state index contributed by atoms with van der Waals surface area (Å²) in [4.78, 5) is 36.3. The lowest BCUT2D eigenvalue weighted by Gasteiger charge is -2.24. The zero-order valence-electron chi connectivity index (χ0n) is 16.4. The Morgan fingerprint density at radius 1 is 1.10 bits per heavy atom. The van der Waals surface area contributed by atoms with Gasteiger partial charge in [-0.2, -0.15) is 0 Å². The zero-order chi connectivity index (χ0) is 21.4. The normalized spacial score (nSPS) is 12.5. The Kier molecular flexibility index (Phi) is 7.59. The van der Waals surface area contributed by atoms with Gasteiger partial charge in [0.05, 0.1) is 18.4 Å². The van der Waals surface area contributed by atoms with E-state index in [1.165, 1.54) is 18.9 Å². The van der Waals surface area contributed by atoms with Crippen molar-refractivity contribution in [1.82, 2.24) is 10.2 Å². The second kappa shape index (κ2) is 10.1. The van der Waals surface area contributed by atoms with Gasteiger partial charge < -0.3 is 25.8 Å². The van der Waals surface area contributed by atoms with Gasteiger partial charge in [-0.25, -0.2) is 4.79 Å². The fourth-order valence-corrected chi connectivity index (χ4v) is 2.76. The molecule has 2 aromatic carbocycles. The summed E-state index contributed by atoms with van der Waals surface area (Å²) in [5.41, 5.74) is 5.92. The minimum absolute atomic E-state index is 0.0641. The van der Waals surface area contributed by atoms with Crippen LogP contribution in [0.2, 0.25) is 0 Å². The monoisotopic (exact) mass is 399 g/mol. The lowest BCUT2D eigenvalue weighted by Crippen LogP contribution is -2.39. The first-order valence-electron chi connectivity index (χ1n) is 9.12. The predicted octanol–water partition coefficient (Wildman–Crippen LogP) is 2.76. The van der Waals surface area contributed by atoms with Crippen molar-refractivity contribution in [2.75, 3.05) is 13.6 Å². The number of hydrogen-bond donors (Lipinski definition) is 3. The van der Waals surface area contributed by atoms with Crippen molar-refractivity contribution in [2.45, 2.75) is 19.4 Å². The molecule has 0 bridgehead atoms. The summed E-state index contributed by atoms with van der Waals surface area (Å²) in [6, 6.07) is 14.8. The number of ether oxygens (including phenoxy) is 1. The Bertz CT molecular complexity index is 856. The van der Waals surface area contributed by atoms with Crippen molar-refractivity contribution in [3.63, 3.8) is 0 Å². The summed E-state index contributed by atoms with van der Waals surface area (Å²) in [6.07, 6.45) is -0.0689. The number of carbonyl (C=O) groups excluding carboxylic acids is 2. The van der Waals surface area contributed by atoms with E-state index in [1.54, 1.807) is 24.3 Å². The molecule has 2 rings (SSSR count). The lowest BCUT2D eigenvalue weighted by atomic mass is 10.0. The van der Waals surface area contributed by atoms with E-state index >= 15 is 0 Å². The third kappa shape index (κ3) is 6.84. The van der Waals surface area contributed by atoms with Gasteiger partial charge in [0.25, 0.3) is 0 Å². The highest BCUT2D eigenvalue weighted by atomic mass is 16.5. The maximum absolute atomic E-state index is 12.6. The largest absolute Gasteiger partial charge is 0.481 e. The molecular formula is C21H25N3O5. The number of hydrogen-bond acceptors (Lipinski definition) is 4.